The van der Waals surface area contributed by atoms with Crippen LogP contribution in [-0.4, -0.2) is 22.1 Å². The Morgan fingerprint density at radius 1 is 1.33 bits per heavy atom. The number of aromatic nitrogens is 2. The lowest BCUT2D eigenvalue weighted by molar-refractivity contribution is 0.309. The normalized spacial score (nSPS) is 20.6. The molecule has 0 saturated heterocycles. The van der Waals surface area contributed by atoms with Gasteiger partial charge in [-0.15, -0.1) is 0 Å². The third-order valence-corrected chi connectivity index (χ3v) is 4.82. The molecule has 0 aliphatic heterocycles. The van der Waals surface area contributed by atoms with Crippen molar-refractivity contribution in [1.82, 2.24) is 9.55 Å². The van der Waals surface area contributed by atoms with Gasteiger partial charge in [0.2, 0.25) is 0 Å². The van der Waals surface area contributed by atoms with Crippen LogP contribution in [0.5, 0.6) is 0 Å². The van der Waals surface area contributed by atoms with Gasteiger partial charge in [-0.1, -0.05) is 0 Å². The van der Waals surface area contributed by atoms with Crippen LogP contribution in [0.3, 0.4) is 0 Å². The van der Waals surface area contributed by atoms with Crippen molar-refractivity contribution >= 4 is 5.69 Å². The molecule has 1 saturated carbocycles. The lowest BCUT2D eigenvalue weighted by Crippen LogP contribution is -2.39. The Bertz CT molecular complexity index is 713. The highest BCUT2D eigenvalue weighted by atomic mass is 19.1. The molecular formula is C18H20F2N4. The summed E-state index contributed by atoms with van der Waals surface area (Å²) in [5.74, 6) is -1.60. The number of halogens is 2. The average Bonchev–Trinajstić information content (AvgIpc) is 3.10. The third kappa shape index (κ3) is 3.12. The van der Waals surface area contributed by atoms with E-state index in [2.05, 4.69) is 9.55 Å². The molecule has 0 spiro atoms. The first kappa shape index (κ1) is 16.4. The Hall–Kier alpha value is -2.42. The predicted octanol–water partition coefficient (Wildman–Crippen LogP) is 4.04. The molecule has 1 fully saturated rings. The van der Waals surface area contributed by atoms with Gasteiger partial charge in [-0.3, -0.25) is 0 Å². The van der Waals surface area contributed by atoms with Crippen LogP contribution < -0.4 is 4.90 Å². The number of nitrogens with zero attached hydrogens (tertiary/aromatic N) is 4. The Morgan fingerprint density at radius 3 is 2.67 bits per heavy atom. The van der Waals surface area contributed by atoms with Crippen molar-refractivity contribution < 1.29 is 8.78 Å². The van der Waals surface area contributed by atoms with E-state index in [1.165, 1.54) is 12.1 Å². The van der Waals surface area contributed by atoms with Gasteiger partial charge in [-0.2, -0.15) is 5.26 Å². The molecule has 3 rings (SSSR count). The smallest absolute Gasteiger partial charge is 0.146 e. The van der Waals surface area contributed by atoms with Gasteiger partial charge in [0.25, 0.3) is 0 Å². The summed E-state index contributed by atoms with van der Waals surface area (Å²) >= 11 is 0. The molecule has 1 aromatic heterocycles. The summed E-state index contributed by atoms with van der Waals surface area (Å²) in [4.78, 5) is 6.15. The second kappa shape index (κ2) is 7.00. The first-order chi connectivity index (χ1) is 11.6. The van der Waals surface area contributed by atoms with Crippen LogP contribution in [0.25, 0.3) is 0 Å². The summed E-state index contributed by atoms with van der Waals surface area (Å²) < 4.78 is 30.1. The highest BCUT2D eigenvalue weighted by Crippen LogP contribution is 2.34. The van der Waals surface area contributed by atoms with E-state index in [9.17, 15) is 8.78 Å². The molecule has 2 atom stereocenters. The maximum atomic E-state index is 14.0. The van der Waals surface area contributed by atoms with Crippen LogP contribution in [0.1, 0.15) is 44.2 Å². The third-order valence-electron chi connectivity index (χ3n) is 4.82. The minimum absolute atomic E-state index is 0.211. The minimum Gasteiger partial charge on any atom is -0.369 e. The molecule has 6 heteroatoms. The highest BCUT2D eigenvalue weighted by molar-refractivity contribution is 5.52. The standard InChI is InChI=1S/C18H20F2N4/c1-2-24(15-9-17(19)16(11-21)18(20)10-15)14-5-3-4-13(8-14)23-7-6-22-12-23/h6-7,9-10,12-14H,2-5,8H2,1H3. The van der Waals surface area contributed by atoms with Crippen molar-refractivity contribution in [2.24, 2.45) is 0 Å². The lowest BCUT2D eigenvalue weighted by Gasteiger charge is -2.39. The number of hydrogen-bond acceptors (Lipinski definition) is 3. The summed E-state index contributed by atoms with van der Waals surface area (Å²) in [6.45, 7) is 2.64. The second-order valence-electron chi connectivity index (χ2n) is 6.17. The fraction of sp³-hybridized carbons (Fsp3) is 0.444. The van der Waals surface area contributed by atoms with E-state index in [4.69, 9.17) is 5.26 Å². The lowest BCUT2D eigenvalue weighted by atomic mass is 9.89. The molecule has 126 valence electrons. The minimum atomic E-state index is -0.798. The highest BCUT2D eigenvalue weighted by Gasteiger charge is 2.28. The molecule has 1 aromatic carbocycles. The van der Waals surface area contributed by atoms with E-state index in [1.54, 1.807) is 12.3 Å². The van der Waals surface area contributed by atoms with Gasteiger partial charge < -0.3 is 9.47 Å². The van der Waals surface area contributed by atoms with Gasteiger partial charge in [0.05, 0.1) is 6.33 Å². The van der Waals surface area contributed by atoms with E-state index < -0.39 is 17.2 Å². The summed E-state index contributed by atoms with van der Waals surface area (Å²) in [6, 6.07) is 4.68. The van der Waals surface area contributed by atoms with Crippen LogP contribution in [-0.2, 0) is 0 Å². The number of nitriles is 1. The summed E-state index contributed by atoms with van der Waals surface area (Å²) in [5.41, 5.74) is -0.0162. The number of rotatable bonds is 4. The van der Waals surface area contributed by atoms with Gasteiger partial charge in [-0.05, 0) is 44.7 Å². The molecule has 0 amide bonds. The second-order valence-corrected chi connectivity index (χ2v) is 6.17. The SMILES string of the molecule is CCN(c1cc(F)c(C#N)c(F)c1)C1CCCC(n2ccnc2)C1. The Labute approximate surface area is 140 Å². The van der Waals surface area contributed by atoms with Crippen molar-refractivity contribution in [2.75, 3.05) is 11.4 Å². The number of hydrogen-bond donors (Lipinski definition) is 0. The maximum absolute atomic E-state index is 14.0. The molecule has 0 radical (unpaired) electrons. The molecule has 24 heavy (non-hydrogen) atoms. The van der Waals surface area contributed by atoms with E-state index >= 15 is 0 Å². The number of anilines is 1. The summed E-state index contributed by atoms with van der Waals surface area (Å²) in [6.07, 6.45) is 9.60. The average molecular weight is 330 g/mol. The van der Waals surface area contributed by atoms with Gasteiger partial charge >= 0.3 is 0 Å². The predicted molar refractivity (Wildman–Crippen MR) is 87.6 cm³/mol. The number of imidazole rings is 1. The largest absolute Gasteiger partial charge is 0.369 e. The zero-order valence-electron chi connectivity index (χ0n) is 13.6. The molecule has 0 N–H and O–H groups in total. The van der Waals surface area contributed by atoms with E-state index in [0.29, 0.717) is 18.3 Å². The maximum Gasteiger partial charge on any atom is 0.146 e. The van der Waals surface area contributed by atoms with Crippen LogP contribution in [0.2, 0.25) is 0 Å². The zero-order chi connectivity index (χ0) is 17.1. The van der Waals surface area contributed by atoms with Crippen molar-refractivity contribution in [2.45, 2.75) is 44.7 Å². The molecule has 2 aromatic rings. The van der Waals surface area contributed by atoms with Crippen LogP contribution in [0.15, 0.2) is 30.9 Å². The van der Waals surface area contributed by atoms with E-state index in [0.717, 1.165) is 25.7 Å². The Balaban J connectivity index is 1.85. The first-order valence-electron chi connectivity index (χ1n) is 8.27. The molecule has 4 nitrogen and oxygen atoms in total. The molecule has 1 heterocycles. The molecule has 1 aliphatic rings. The van der Waals surface area contributed by atoms with Crippen LogP contribution >= 0.6 is 0 Å². The quantitative estimate of drug-likeness (QED) is 0.850. The monoisotopic (exact) mass is 330 g/mol. The zero-order valence-corrected chi connectivity index (χ0v) is 13.6. The van der Waals surface area contributed by atoms with Gasteiger partial charge in [0.1, 0.15) is 23.3 Å². The van der Waals surface area contributed by atoms with Gasteiger partial charge in [0.15, 0.2) is 0 Å². The van der Waals surface area contributed by atoms with Crippen molar-refractivity contribution in [1.29, 1.82) is 5.26 Å². The van der Waals surface area contributed by atoms with E-state index in [-0.39, 0.29) is 6.04 Å². The van der Waals surface area contributed by atoms with E-state index in [1.807, 2.05) is 24.3 Å². The fourth-order valence-electron chi connectivity index (χ4n) is 3.66. The topological polar surface area (TPSA) is 44.9 Å². The van der Waals surface area contributed by atoms with Gasteiger partial charge in [0, 0.05) is 36.7 Å². The Morgan fingerprint density at radius 2 is 2.08 bits per heavy atom. The van der Waals surface area contributed by atoms with Crippen molar-refractivity contribution in [3.8, 4) is 6.07 Å². The number of benzene rings is 1. The summed E-state index contributed by atoms with van der Waals surface area (Å²) in [7, 11) is 0. The van der Waals surface area contributed by atoms with Crippen molar-refractivity contribution in [3.05, 3.63) is 48.1 Å². The fourth-order valence-corrected chi connectivity index (χ4v) is 3.66. The molecule has 0 bridgehead atoms. The Kier molecular flexibility index (Phi) is 4.79. The molecule has 2 unspecified atom stereocenters. The van der Waals surface area contributed by atoms with Crippen LogP contribution in [0, 0.1) is 23.0 Å². The summed E-state index contributed by atoms with van der Waals surface area (Å²) in [5, 5.41) is 8.82. The molecular weight excluding hydrogens is 310 g/mol. The first-order valence-corrected chi connectivity index (χ1v) is 8.27. The van der Waals surface area contributed by atoms with Crippen molar-refractivity contribution in [3.63, 3.8) is 0 Å². The van der Waals surface area contributed by atoms with Gasteiger partial charge in [-0.25, -0.2) is 13.8 Å². The van der Waals surface area contributed by atoms with Crippen LogP contribution in [0.4, 0.5) is 14.5 Å². The molecule has 1 aliphatic carbocycles.